The van der Waals surface area contributed by atoms with Crippen LogP contribution in [-0.2, 0) is 19.6 Å². The Hall–Kier alpha value is -1.64. The minimum atomic E-state index is -3.73. The molecule has 3 N–H and O–H groups in total. The predicted molar refractivity (Wildman–Crippen MR) is 80.3 cm³/mol. The number of amides is 1. The van der Waals surface area contributed by atoms with E-state index in [2.05, 4.69) is 5.32 Å². The van der Waals surface area contributed by atoms with E-state index in [4.69, 9.17) is 10.5 Å². The second kappa shape index (κ2) is 7.39. The second-order valence-corrected chi connectivity index (χ2v) is 6.64. The van der Waals surface area contributed by atoms with E-state index in [0.29, 0.717) is 24.4 Å². The van der Waals surface area contributed by atoms with Crippen LogP contribution in [0.1, 0.15) is 5.56 Å². The van der Waals surface area contributed by atoms with Crippen molar-refractivity contribution in [3.05, 3.63) is 23.8 Å². The first-order chi connectivity index (χ1) is 9.78. The molecule has 0 aliphatic heterocycles. The smallest absolute Gasteiger partial charge is 0.243 e. The number of ether oxygens (including phenoxy) is 1. The van der Waals surface area contributed by atoms with Crippen molar-refractivity contribution in [1.29, 1.82) is 0 Å². The van der Waals surface area contributed by atoms with E-state index >= 15 is 0 Å². The van der Waals surface area contributed by atoms with Gasteiger partial charge in [-0.25, -0.2) is 8.42 Å². The van der Waals surface area contributed by atoms with Gasteiger partial charge in [0, 0.05) is 26.4 Å². The lowest BCUT2D eigenvalue weighted by Gasteiger charge is -2.18. The molecule has 0 radical (unpaired) electrons. The van der Waals surface area contributed by atoms with Crippen LogP contribution in [0, 0.1) is 6.92 Å². The molecule has 0 saturated carbocycles. The molecule has 0 saturated heterocycles. The van der Waals surface area contributed by atoms with Gasteiger partial charge in [0.1, 0.15) is 0 Å². The van der Waals surface area contributed by atoms with Gasteiger partial charge in [-0.3, -0.25) is 4.79 Å². The maximum atomic E-state index is 12.4. The lowest BCUT2D eigenvalue weighted by Crippen LogP contribution is -2.39. The van der Waals surface area contributed by atoms with Crippen molar-refractivity contribution in [1.82, 2.24) is 9.62 Å². The van der Waals surface area contributed by atoms with Crippen molar-refractivity contribution < 1.29 is 17.9 Å². The van der Waals surface area contributed by atoms with Crippen molar-refractivity contribution in [3.63, 3.8) is 0 Å². The molecule has 0 spiro atoms. The first-order valence-corrected chi connectivity index (χ1v) is 7.81. The maximum absolute atomic E-state index is 12.4. The molecular weight excluding hydrogens is 294 g/mol. The van der Waals surface area contributed by atoms with Gasteiger partial charge in [-0.2, -0.15) is 4.31 Å². The van der Waals surface area contributed by atoms with E-state index in [-0.39, 0.29) is 17.3 Å². The molecule has 1 rings (SSSR count). The third-order valence-electron chi connectivity index (χ3n) is 2.88. The number of carbonyl (C=O) groups is 1. The number of rotatable bonds is 7. The van der Waals surface area contributed by atoms with E-state index in [1.54, 1.807) is 13.0 Å². The standard InChI is InChI=1S/C13H21N3O4S/c1-10-8-11(14)4-5-12(10)21(18,19)16(2)9-13(17)15-6-7-20-3/h4-5,8H,6-7,9,14H2,1-3H3,(H,15,17). The maximum Gasteiger partial charge on any atom is 0.243 e. The molecule has 1 amide bonds. The summed E-state index contributed by atoms with van der Waals surface area (Å²) in [6.45, 7) is 2.12. The van der Waals surface area contributed by atoms with Gasteiger partial charge in [-0.05, 0) is 30.7 Å². The second-order valence-electron chi connectivity index (χ2n) is 4.63. The highest BCUT2D eigenvalue weighted by molar-refractivity contribution is 7.89. The SMILES string of the molecule is COCCNC(=O)CN(C)S(=O)(=O)c1ccc(N)cc1C. The van der Waals surface area contributed by atoms with Gasteiger partial charge in [-0.15, -0.1) is 0 Å². The van der Waals surface area contributed by atoms with Crippen molar-refractivity contribution >= 4 is 21.6 Å². The number of sulfonamides is 1. The molecule has 0 aliphatic rings. The fourth-order valence-electron chi connectivity index (χ4n) is 1.77. The van der Waals surface area contributed by atoms with Gasteiger partial charge in [0.25, 0.3) is 0 Å². The number of nitrogens with two attached hydrogens (primary N) is 1. The van der Waals surface area contributed by atoms with Gasteiger partial charge in [0.05, 0.1) is 18.0 Å². The topological polar surface area (TPSA) is 102 Å². The molecule has 0 aromatic heterocycles. The van der Waals surface area contributed by atoms with Gasteiger partial charge in [-0.1, -0.05) is 0 Å². The minimum absolute atomic E-state index is 0.142. The Morgan fingerprint density at radius 1 is 1.43 bits per heavy atom. The van der Waals surface area contributed by atoms with Crippen LogP contribution in [0.3, 0.4) is 0 Å². The first-order valence-electron chi connectivity index (χ1n) is 6.37. The van der Waals surface area contributed by atoms with Crippen molar-refractivity contribution in [2.45, 2.75) is 11.8 Å². The number of carbonyl (C=O) groups excluding carboxylic acids is 1. The van der Waals surface area contributed by atoms with Crippen molar-refractivity contribution in [2.75, 3.05) is 39.6 Å². The average Bonchev–Trinajstić information content (AvgIpc) is 2.38. The molecule has 8 heteroatoms. The van der Waals surface area contributed by atoms with Crippen LogP contribution < -0.4 is 11.1 Å². The Morgan fingerprint density at radius 3 is 2.67 bits per heavy atom. The molecular formula is C13H21N3O4S. The summed E-state index contributed by atoms with van der Waals surface area (Å²) < 4.78 is 30.6. The summed E-state index contributed by atoms with van der Waals surface area (Å²) >= 11 is 0. The largest absolute Gasteiger partial charge is 0.399 e. The molecule has 1 aromatic rings. The van der Waals surface area contributed by atoms with E-state index in [1.807, 2.05) is 0 Å². The molecule has 0 fully saturated rings. The molecule has 0 heterocycles. The quantitative estimate of drug-likeness (QED) is 0.543. The lowest BCUT2D eigenvalue weighted by atomic mass is 10.2. The van der Waals surface area contributed by atoms with E-state index in [0.717, 1.165) is 4.31 Å². The summed E-state index contributed by atoms with van der Waals surface area (Å²) in [7, 11) is -0.844. The monoisotopic (exact) mass is 315 g/mol. The van der Waals surface area contributed by atoms with Crippen molar-refractivity contribution in [3.8, 4) is 0 Å². The van der Waals surface area contributed by atoms with E-state index in [9.17, 15) is 13.2 Å². The highest BCUT2D eigenvalue weighted by Gasteiger charge is 2.24. The molecule has 0 bridgehead atoms. The number of nitrogen functional groups attached to an aromatic ring is 1. The Morgan fingerprint density at radius 2 is 2.10 bits per heavy atom. The average molecular weight is 315 g/mol. The van der Waals surface area contributed by atoms with Crippen LogP contribution >= 0.6 is 0 Å². The van der Waals surface area contributed by atoms with Gasteiger partial charge < -0.3 is 15.8 Å². The van der Waals surface area contributed by atoms with E-state index < -0.39 is 10.0 Å². The third-order valence-corrected chi connectivity index (χ3v) is 4.85. The van der Waals surface area contributed by atoms with Gasteiger partial charge in [0.15, 0.2) is 0 Å². The number of benzene rings is 1. The fourth-order valence-corrected chi connectivity index (χ4v) is 3.09. The number of nitrogens with zero attached hydrogens (tertiary/aromatic N) is 1. The number of hydrogen-bond donors (Lipinski definition) is 2. The van der Waals surface area contributed by atoms with Crippen LogP contribution in [0.25, 0.3) is 0 Å². The normalized spacial score (nSPS) is 11.6. The summed E-state index contributed by atoms with van der Waals surface area (Å²) in [6.07, 6.45) is 0. The van der Waals surface area contributed by atoms with Gasteiger partial charge >= 0.3 is 0 Å². The number of hydrogen-bond acceptors (Lipinski definition) is 5. The van der Waals surface area contributed by atoms with Crippen LogP contribution in [0.5, 0.6) is 0 Å². The first kappa shape index (κ1) is 17.4. The Balaban J connectivity index is 2.80. The zero-order valence-electron chi connectivity index (χ0n) is 12.4. The number of likely N-dealkylation sites (N-methyl/N-ethyl adjacent to an activating group) is 1. The summed E-state index contributed by atoms with van der Waals surface area (Å²) in [4.78, 5) is 11.8. The molecule has 7 nitrogen and oxygen atoms in total. The lowest BCUT2D eigenvalue weighted by molar-refractivity contribution is -0.121. The van der Waals surface area contributed by atoms with E-state index in [1.165, 1.54) is 26.3 Å². The summed E-state index contributed by atoms with van der Waals surface area (Å²) in [5, 5.41) is 2.57. The molecule has 21 heavy (non-hydrogen) atoms. The summed E-state index contributed by atoms with van der Waals surface area (Å²) in [6, 6.07) is 4.55. The molecule has 0 aliphatic carbocycles. The van der Waals surface area contributed by atoms with Gasteiger partial charge in [0.2, 0.25) is 15.9 Å². The Labute approximate surface area is 125 Å². The molecule has 0 atom stereocenters. The highest BCUT2D eigenvalue weighted by atomic mass is 32.2. The van der Waals surface area contributed by atoms with Crippen LogP contribution in [0.2, 0.25) is 0 Å². The Kier molecular flexibility index (Phi) is 6.13. The molecule has 0 unspecified atom stereocenters. The number of nitrogens with one attached hydrogen (secondary N) is 1. The van der Waals surface area contributed by atoms with Crippen LogP contribution in [-0.4, -0.2) is 52.5 Å². The highest BCUT2D eigenvalue weighted by Crippen LogP contribution is 2.20. The molecule has 118 valence electrons. The third kappa shape index (κ3) is 4.69. The zero-order valence-corrected chi connectivity index (χ0v) is 13.2. The Bertz CT molecular complexity index is 601. The predicted octanol–water partition coefficient (Wildman–Crippen LogP) is -0.0397. The van der Waals surface area contributed by atoms with Crippen LogP contribution in [0.15, 0.2) is 23.1 Å². The van der Waals surface area contributed by atoms with Crippen LogP contribution in [0.4, 0.5) is 5.69 Å². The number of anilines is 1. The zero-order chi connectivity index (χ0) is 16.0. The minimum Gasteiger partial charge on any atom is -0.399 e. The van der Waals surface area contributed by atoms with Crippen molar-refractivity contribution in [2.24, 2.45) is 0 Å². The summed E-state index contributed by atoms with van der Waals surface area (Å²) in [5.74, 6) is -0.383. The fraction of sp³-hybridized carbons (Fsp3) is 0.462. The molecule has 1 aromatic carbocycles. The number of methoxy groups -OCH3 is 1. The summed E-state index contributed by atoms with van der Waals surface area (Å²) in [5.41, 5.74) is 6.65. The number of aryl methyl sites for hydroxylation is 1.